The van der Waals surface area contributed by atoms with Gasteiger partial charge >= 0.3 is 0 Å². The Morgan fingerprint density at radius 2 is 1.62 bits per heavy atom. The summed E-state index contributed by atoms with van der Waals surface area (Å²) in [6.45, 7) is 8.01. The van der Waals surface area contributed by atoms with Crippen LogP contribution in [0.1, 0.15) is 39.3 Å². The number of benzene rings is 1. The maximum absolute atomic E-state index is 12.1. The number of carbonyl (C=O) groups excluding carboxylic acids is 1. The molecule has 0 radical (unpaired) electrons. The van der Waals surface area contributed by atoms with Gasteiger partial charge in [-0.15, -0.1) is 0 Å². The minimum absolute atomic E-state index is 0.0523. The number of hydrogen-bond acceptors (Lipinski definition) is 2. The maximum Gasteiger partial charge on any atom is 0.156 e. The van der Waals surface area contributed by atoms with Gasteiger partial charge in [-0.05, 0) is 19.4 Å². The first-order chi connectivity index (χ1) is 7.52. The van der Waals surface area contributed by atoms with E-state index in [1.807, 2.05) is 44.2 Å². The summed E-state index contributed by atoms with van der Waals surface area (Å²) in [5.74, 6) is 0.302. The SMILES string of the molecule is CC(C)NC(C(=O)C(C)C)c1ccccc1. The molecule has 0 fully saturated rings. The van der Waals surface area contributed by atoms with Gasteiger partial charge in [-0.25, -0.2) is 0 Å². The summed E-state index contributed by atoms with van der Waals surface area (Å²) >= 11 is 0. The van der Waals surface area contributed by atoms with Gasteiger partial charge in [0.05, 0.1) is 6.04 Å². The lowest BCUT2D eigenvalue weighted by molar-refractivity contribution is -0.124. The van der Waals surface area contributed by atoms with E-state index < -0.39 is 0 Å². The summed E-state index contributed by atoms with van der Waals surface area (Å²) < 4.78 is 0. The van der Waals surface area contributed by atoms with Gasteiger partial charge in [0.2, 0.25) is 0 Å². The molecule has 0 amide bonds. The van der Waals surface area contributed by atoms with Crippen LogP contribution in [-0.2, 0) is 4.79 Å². The Labute approximate surface area is 98.1 Å². The van der Waals surface area contributed by atoms with Crippen molar-refractivity contribution < 1.29 is 4.79 Å². The highest BCUT2D eigenvalue weighted by Gasteiger charge is 2.22. The average molecular weight is 219 g/mol. The van der Waals surface area contributed by atoms with E-state index in [9.17, 15) is 4.79 Å². The number of carbonyl (C=O) groups is 1. The number of nitrogens with one attached hydrogen (secondary N) is 1. The highest BCUT2D eigenvalue weighted by molar-refractivity contribution is 5.86. The second kappa shape index (κ2) is 5.80. The normalized spacial score (nSPS) is 13.1. The van der Waals surface area contributed by atoms with E-state index in [2.05, 4.69) is 19.2 Å². The molecule has 2 heteroatoms. The second-order valence-corrected chi connectivity index (χ2v) is 4.72. The molecule has 1 unspecified atom stereocenters. The minimum Gasteiger partial charge on any atom is -0.302 e. The Morgan fingerprint density at radius 3 is 2.06 bits per heavy atom. The third-order valence-electron chi connectivity index (χ3n) is 2.49. The number of rotatable bonds is 5. The van der Waals surface area contributed by atoms with Gasteiger partial charge in [0.1, 0.15) is 0 Å². The predicted octanol–water partition coefficient (Wildman–Crippen LogP) is 2.95. The van der Waals surface area contributed by atoms with Crippen LogP contribution in [0.4, 0.5) is 0 Å². The van der Waals surface area contributed by atoms with E-state index >= 15 is 0 Å². The van der Waals surface area contributed by atoms with Gasteiger partial charge < -0.3 is 5.32 Å². The van der Waals surface area contributed by atoms with Crippen molar-refractivity contribution in [1.82, 2.24) is 5.32 Å². The van der Waals surface area contributed by atoms with Crippen molar-refractivity contribution in [2.75, 3.05) is 0 Å². The Kier molecular flexibility index (Phi) is 4.69. The van der Waals surface area contributed by atoms with Gasteiger partial charge in [0.25, 0.3) is 0 Å². The third-order valence-corrected chi connectivity index (χ3v) is 2.49. The fourth-order valence-corrected chi connectivity index (χ4v) is 1.65. The summed E-state index contributed by atoms with van der Waals surface area (Å²) in [5, 5.41) is 3.33. The largest absolute Gasteiger partial charge is 0.302 e. The molecular weight excluding hydrogens is 198 g/mol. The standard InChI is InChI=1S/C14H21NO/c1-10(2)14(16)13(15-11(3)4)12-8-6-5-7-9-12/h5-11,13,15H,1-4H3. The zero-order chi connectivity index (χ0) is 12.1. The Balaban J connectivity index is 2.92. The van der Waals surface area contributed by atoms with Gasteiger partial charge in [-0.1, -0.05) is 44.2 Å². The molecule has 0 saturated carbocycles. The summed E-state index contributed by atoms with van der Waals surface area (Å²) in [6.07, 6.45) is 0. The molecule has 1 rings (SSSR count). The maximum atomic E-state index is 12.1. The molecule has 0 bridgehead atoms. The predicted molar refractivity (Wildman–Crippen MR) is 67.3 cm³/mol. The Hall–Kier alpha value is -1.15. The van der Waals surface area contributed by atoms with Crippen molar-refractivity contribution in [2.24, 2.45) is 5.92 Å². The molecule has 1 aromatic rings. The fourth-order valence-electron chi connectivity index (χ4n) is 1.65. The third kappa shape index (κ3) is 3.46. The molecule has 0 heterocycles. The molecule has 2 nitrogen and oxygen atoms in total. The highest BCUT2D eigenvalue weighted by Crippen LogP contribution is 2.18. The van der Waals surface area contributed by atoms with Gasteiger partial charge in [0.15, 0.2) is 5.78 Å². The summed E-state index contributed by atoms with van der Waals surface area (Å²) in [7, 11) is 0. The van der Waals surface area contributed by atoms with Crippen LogP contribution in [0.5, 0.6) is 0 Å². The van der Waals surface area contributed by atoms with Crippen molar-refractivity contribution in [3.8, 4) is 0 Å². The lowest BCUT2D eigenvalue weighted by Crippen LogP contribution is -2.35. The van der Waals surface area contributed by atoms with E-state index in [-0.39, 0.29) is 17.7 Å². The first kappa shape index (κ1) is 12.9. The molecule has 0 aliphatic rings. The Morgan fingerprint density at radius 1 is 1.06 bits per heavy atom. The average Bonchev–Trinajstić information content (AvgIpc) is 2.26. The van der Waals surface area contributed by atoms with Crippen molar-refractivity contribution in [1.29, 1.82) is 0 Å². The molecule has 1 atom stereocenters. The topological polar surface area (TPSA) is 29.1 Å². The van der Waals surface area contributed by atoms with Crippen LogP contribution in [0.25, 0.3) is 0 Å². The lowest BCUT2D eigenvalue weighted by Gasteiger charge is -2.22. The number of ketones is 1. The summed E-state index contributed by atoms with van der Waals surface area (Å²) in [5.41, 5.74) is 1.05. The number of Topliss-reactive ketones (excluding diaryl/α,β-unsaturated/α-hetero) is 1. The van der Waals surface area contributed by atoms with Crippen molar-refractivity contribution >= 4 is 5.78 Å². The van der Waals surface area contributed by atoms with Crippen LogP contribution in [0.15, 0.2) is 30.3 Å². The molecular formula is C14H21NO. The molecule has 16 heavy (non-hydrogen) atoms. The number of hydrogen-bond donors (Lipinski definition) is 1. The van der Waals surface area contributed by atoms with Crippen LogP contribution >= 0.6 is 0 Å². The first-order valence-corrected chi connectivity index (χ1v) is 5.87. The smallest absolute Gasteiger partial charge is 0.156 e. The zero-order valence-corrected chi connectivity index (χ0v) is 10.5. The molecule has 0 saturated heterocycles. The van der Waals surface area contributed by atoms with E-state index in [1.165, 1.54) is 0 Å². The second-order valence-electron chi connectivity index (χ2n) is 4.72. The van der Waals surface area contributed by atoms with Crippen LogP contribution in [0.2, 0.25) is 0 Å². The minimum atomic E-state index is -0.179. The molecule has 1 N–H and O–H groups in total. The van der Waals surface area contributed by atoms with Crippen LogP contribution in [0.3, 0.4) is 0 Å². The monoisotopic (exact) mass is 219 g/mol. The fraction of sp³-hybridized carbons (Fsp3) is 0.500. The highest BCUT2D eigenvalue weighted by atomic mass is 16.1. The van der Waals surface area contributed by atoms with E-state index in [0.717, 1.165) is 5.56 Å². The van der Waals surface area contributed by atoms with Crippen LogP contribution < -0.4 is 5.32 Å². The van der Waals surface area contributed by atoms with Crippen molar-refractivity contribution in [3.05, 3.63) is 35.9 Å². The Bertz CT molecular complexity index is 330. The zero-order valence-electron chi connectivity index (χ0n) is 10.5. The van der Waals surface area contributed by atoms with Crippen LogP contribution in [-0.4, -0.2) is 11.8 Å². The molecule has 0 aliphatic carbocycles. The summed E-state index contributed by atoms with van der Waals surface area (Å²) in [6, 6.07) is 10.0. The first-order valence-electron chi connectivity index (χ1n) is 5.87. The summed E-state index contributed by atoms with van der Waals surface area (Å²) in [4.78, 5) is 12.1. The molecule has 0 spiro atoms. The van der Waals surface area contributed by atoms with E-state index in [4.69, 9.17) is 0 Å². The van der Waals surface area contributed by atoms with E-state index in [0.29, 0.717) is 6.04 Å². The molecule has 88 valence electrons. The van der Waals surface area contributed by atoms with Crippen molar-refractivity contribution in [2.45, 2.75) is 39.8 Å². The molecule has 1 aromatic carbocycles. The van der Waals surface area contributed by atoms with Gasteiger partial charge in [-0.3, -0.25) is 4.79 Å². The van der Waals surface area contributed by atoms with Gasteiger partial charge in [0, 0.05) is 12.0 Å². The lowest BCUT2D eigenvalue weighted by atomic mass is 9.95. The van der Waals surface area contributed by atoms with Crippen molar-refractivity contribution in [3.63, 3.8) is 0 Å². The molecule has 0 aliphatic heterocycles. The quantitative estimate of drug-likeness (QED) is 0.825. The molecule has 0 aromatic heterocycles. The van der Waals surface area contributed by atoms with E-state index in [1.54, 1.807) is 0 Å². The van der Waals surface area contributed by atoms with Gasteiger partial charge in [-0.2, -0.15) is 0 Å². The van der Waals surface area contributed by atoms with Crippen LogP contribution in [0, 0.1) is 5.92 Å².